The zero-order valence-electron chi connectivity index (χ0n) is 21.5. The summed E-state index contributed by atoms with van der Waals surface area (Å²) in [6.07, 6.45) is 5.39. The largest absolute Gasteiger partial charge is 0.493 e. The molecule has 0 unspecified atom stereocenters. The van der Waals surface area contributed by atoms with E-state index in [4.69, 9.17) is 9.47 Å². The van der Waals surface area contributed by atoms with E-state index in [0.29, 0.717) is 24.3 Å². The number of ether oxygens (including phenoxy) is 2. The van der Waals surface area contributed by atoms with Gasteiger partial charge in [0.05, 0.1) is 13.2 Å². The van der Waals surface area contributed by atoms with Crippen molar-refractivity contribution in [2.24, 2.45) is 0 Å². The van der Waals surface area contributed by atoms with Crippen LogP contribution in [0.3, 0.4) is 0 Å². The van der Waals surface area contributed by atoms with E-state index < -0.39 is 0 Å². The number of allylic oxidation sites excluding steroid dienone is 4. The second kappa shape index (κ2) is 10.3. The minimum atomic E-state index is -0.342. The standard InChI is InChI=1S/C31H35NO4/c1-20(2)36-27-16-15-22(19-28(27)35-3)29-30-23(11-7-13-25(30)33)32(18-17-21-9-5-4-6-10-21)24-12-8-14-26(34)31(24)29/h4-6,9-10,15-16,19-20,29H,7-8,11-14,17-18H2,1-3H3. The van der Waals surface area contributed by atoms with Crippen molar-refractivity contribution in [3.05, 3.63) is 82.2 Å². The zero-order chi connectivity index (χ0) is 25.2. The van der Waals surface area contributed by atoms with E-state index in [0.717, 1.165) is 66.8 Å². The van der Waals surface area contributed by atoms with Crippen LogP contribution in [0.15, 0.2) is 71.1 Å². The van der Waals surface area contributed by atoms with Gasteiger partial charge in [0.1, 0.15) is 0 Å². The quantitative estimate of drug-likeness (QED) is 0.472. The lowest BCUT2D eigenvalue weighted by molar-refractivity contribution is -0.117. The van der Waals surface area contributed by atoms with Crippen molar-refractivity contribution in [1.29, 1.82) is 0 Å². The van der Waals surface area contributed by atoms with Crippen molar-refractivity contribution in [1.82, 2.24) is 4.90 Å². The van der Waals surface area contributed by atoms with E-state index in [1.54, 1.807) is 7.11 Å². The zero-order valence-corrected chi connectivity index (χ0v) is 21.5. The number of rotatable bonds is 7. The predicted molar refractivity (Wildman–Crippen MR) is 140 cm³/mol. The monoisotopic (exact) mass is 485 g/mol. The number of ketones is 2. The van der Waals surface area contributed by atoms with Gasteiger partial charge < -0.3 is 14.4 Å². The fraction of sp³-hybridized carbons (Fsp3) is 0.419. The van der Waals surface area contributed by atoms with E-state index >= 15 is 0 Å². The molecule has 0 N–H and O–H groups in total. The Morgan fingerprint density at radius 1 is 0.861 bits per heavy atom. The topological polar surface area (TPSA) is 55.8 Å². The van der Waals surface area contributed by atoms with Gasteiger partial charge in [-0.3, -0.25) is 9.59 Å². The fourth-order valence-corrected chi connectivity index (χ4v) is 5.92. The van der Waals surface area contributed by atoms with Gasteiger partial charge in [-0.05, 0) is 69.2 Å². The maximum atomic E-state index is 13.5. The minimum Gasteiger partial charge on any atom is -0.493 e. The molecule has 0 spiro atoms. The molecule has 5 rings (SSSR count). The molecule has 2 aromatic carbocycles. The highest BCUT2D eigenvalue weighted by Crippen LogP contribution is 2.50. The van der Waals surface area contributed by atoms with Crippen LogP contribution in [-0.2, 0) is 16.0 Å². The number of hydrogen-bond donors (Lipinski definition) is 0. The van der Waals surface area contributed by atoms with Gasteiger partial charge in [0, 0.05) is 47.8 Å². The van der Waals surface area contributed by atoms with Crippen LogP contribution in [0.2, 0.25) is 0 Å². The first-order valence-corrected chi connectivity index (χ1v) is 13.2. The molecular weight excluding hydrogens is 450 g/mol. The van der Waals surface area contributed by atoms with Crippen LogP contribution < -0.4 is 9.47 Å². The summed E-state index contributed by atoms with van der Waals surface area (Å²) in [5, 5.41) is 0. The highest BCUT2D eigenvalue weighted by Gasteiger charge is 2.43. The molecule has 0 radical (unpaired) electrons. The van der Waals surface area contributed by atoms with Gasteiger partial charge in [-0.25, -0.2) is 0 Å². The van der Waals surface area contributed by atoms with Crippen molar-refractivity contribution in [3.8, 4) is 11.5 Å². The van der Waals surface area contributed by atoms with Crippen molar-refractivity contribution in [3.63, 3.8) is 0 Å². The van der Waals surface area contributed by atoms with Crippen LogP contribution in [0.1, 0.15) is 69.4 Å². The minimum absolute atomic E-state index is 0.0149. The van der Waals surface area contributed by atoms with Crippen LogP contribution in [0.5, 0.6) is 11.5 Å². The molecule has 0 bridgehead atoms. The molecule has 36 heavy (non-hydrogen) atoms. The van der Waals surface area contributed by atoms with Crippen LogP contribution in [-0.4, -0.2) is 36.2 Å². The first-order valence-electron chi connectivity index (χ1n) is 13.2. The average Bonchev–Trinajstić information content (AvgIpc) is 2.88. The van der Waals surface area contributed by atoms with Gasteiger partial charge in [0.25, 0.3) is 0 Å². The number of hydrogen-bond acceptors (Lipinski definition) is 5. The van der Waals surface area contributed by atoms with Gasteiger partial charge in [0.2, 0.25) is 0 Å². The first kappa shape index (κ1) is 24.4. The smallest absolute Gasteiger partial charge is 0.161 e. The summed E-state index contributed by atoms with van der Waals surface area (Å²) in [4.78, 5) is 29.3. The molecule has 5 heteroatoms. The van der Waals surface area contributed by atoms with Gasteiger partial charge >= 0.3 is 0 Å². The summed E-state index contributed by atoms with van der Waals surface area (Å²) in [6.45, 7) is 4.74. The molecule has 0 aromatic heterocycles. The number of carbonyl (C=O) groups excluding carboxylic acids is 2. The van der Waals surface area contributed by atoms with E-state index in [9.17, 15) is 9.59 Å². The maximum absolute atomic E-state index is 13.5. The van der Waals surface area contributed by atoms with Crippen LogP contribution in [0.25, 0.3) is 0 Å². The molecular formula is C31H35NO4. The van der Waals surface area contributed by atoms with E-state index in [1.165, 1.54) is 5.56 Å². The van der Waals surface area contributed by atoms with Crippen LogP contribution in [0.4, 0.5) is 0 Å². The van der Waals surface area contributed by atoms with Gasteiger partial charge in [-0.2, -0.15) is 0 Å². The number of Topliss-reactive ketones (excluding diaryl/α,β-unsaturated/α-hetero) is 2. The third-order valence-corrected chi connectivity index (χ3v) is 7.44. The lowest BCUT2D eigenvalue weighted by Gasteiger charge is -2.44. The Labute approximate surface area is 213 Å². The Balaban J connectivity index is 1.61. The van der Waals surface area contributed by atoms with Crippen molar-refractivity contribution in [2.45, 2.75) is 70.8 Å². The summed E-state index contributed by atoms with van der Waals surface area (Å²) in [7, 11) is 1.63. The number of methoxy groups -OCH3 is 1. The number of benzene rings is 2. The molecule has 2 aromatic rings. The van der Waals surface area contributed by atoms with Crippen molar-refractivity contribution < 1.29 is 19.1 Å². The molecule has 0 fully saturated rings. The van der Waals surface area contributed by atoms with E-state index in [2.05, 4.69) is 29.2 Å². The summed E-state index contributed by atoms with van der Waals surface area (Å²) >= 11 is 0. The molecule has 1 heterocycles. The second-order valence-corrected chi connectivity index (χ2v) is 10.2. The molecule has 0 saturated carbocycles. The van der Waals surface area contributed by atoms with Gasteiger partial charge in [0.15, 0.2) is 23.1 Å². The van der Waals surface area contributed by atoms with Crippen LogP contribution >= 0.6 is 0 Å². The second-order valence-electron chi connectivity index (χ2n) is 10.2. The van der Waals surface area contributed by atoms with Crippen LogP contribution in [0, 0.1) is 0 Å². The molecule has 188 valence electrons. The summed E-state index contributed by atoms with van der Waals surface area (Å²) in [6, 6.07) is 16.3. The Bertz CT molecular complexity index is 1180. The average molecular weight is 486 g/mol. The number of nitrogens with zero attached hydrogens (tertiary/aromatic N) is 1. The first-order chi connectivity index (χ1) is 17.5. The SMILES string of the molecule is COc1cc(C2C3=C(CCCC3=O)N(CCc3ccccc3)C3=C2C(=O)CCC3)ccc1OC(C)C. The van der Waals surface area contributed by atoms with Gasteiger partial charge in [-0.15, -0.1) is 0 Å². The molecule has 2 aliphatic carbocycles. The third-order valence-electron chi connectivity index (χ3n) is 7.44. The molecule has 5 nitrogen and oxygen atoms in total. The molecule has 0 atom stereocenters. The Hall–Kier alpha value is -3.34. The van der Waals surface area contributed by atoms with Gasteiger partial charge in [-0.1, -0.05) is 36.4 Å². The van der Waals surface area contributed by atoms with E-state index in [1.807, 2.05) is 38.1 Å². The summed E-state index contributed by atoms with van der Waals surface area (Å²) in [5.41, 5.74) is 6.03. The molecule has 0 amide bonds. The van der Waals surface area contributed by atoms with E-state index in [-0.39, 0.29) is 23.6 Å². The highest BCUT2D eigenvalue weighted by atomic mass is 16.5. The number of carbonyl (C=O) groups is 2. The van der Waals surface area contributed by atoms with Crippen molar-refractivity contribution in [2.75, 3.05) is 13.7 Å². The summed E-state index contributed by atoms with van der Waals surface area (Å²) < 4.78 is 11.6. The molecule has 3 aliphatic rings. The highest BCUT2D eigenvalue weighted by molar-refractivity contribution is 6.06. The maximum Gasteiger partial charge on any atom is 0.161 e. The Kier molecular flexibility index (Phi) is 6.99. The predicted octanol–water partition coefficient (Wildman–Crippen LogP) is 6.14. The summed E-state index contributed by atoms with van der Waals surface area (Å²) in [5.74, 6) is 1.29. The normalized spacial score (nSPS) is 18.5. The lowest BCUT2D eigenvalue weighted by atomic mass is 9.71. The fourth-order valence-electron chi connectivity index (χ4n) is 5.92. The third kappa shape index (κ3) is 4.59. The lowest BCUT2D eigenvalue weighted by Crippen LogP contribution is -2.39. The van der Waals surface area contributed by atoms with Crippen molar-refractivity contribution >= 4 is 11.6 Å². The molecule has 1 aliphatic heterocycles. The Morgan fingerprint density at radius 2 is 1.50 bits per heavy atom. The Morgan fingerprint density at radius 3 is 2.08 bits per heavy atom. The molecule has 0 saturated heterocycles.